The lowest BCUT2D eigenvalue weighted by molar-refractivity contribution is -0.259. The van der Waals surface area contributed by atoms with Crippen molar-refractivity contribution in [1.82, 2.24) is 10.3 Å². The van der Waals surface area contributed by atoms with E-state index in [2.05, 4.69) is 10.3 Å². The quantitative estimate of drug-likeness (QED) is 0.459. The Labute approximate surface area is 188 Å². The minimum Gasteiger partial charge on any atom is -0.463 e. The predicted octanol–water partition coefficient (Wildman–Crippen LogP) is 0.863. The van der Waals surface area contributed by atoms with E-state index in [4.69, 9.17) is 28.1 Å². The van der Waals surface area contributed by atoms with E-state index in [1.54, 1.807) is 24.3 Å². The zero-order valence-electron chi connectivity index (χ0n) is 18.4. The monoisotopic (exact) mass is 464 g/mol. The number of oxazole rings is 1. The van der Waals surface area contributed by atoms with Gasteiger partial charge >= 0.3 is 24.0 Å². The van der Waals surface area contributed by atoms with Crippen LogP contribution in [-0.2, 0) is 38.1 Å². The van der Waals surface area contributed by atoms with E-state index < -0.39 is 54.5 Å². The average Bonchev–Trinajstić information content (AvgIpc) is 3.12. The molecule has 1 aliphatic heterocycles. The van der Waals surface area contributed by atoms with Crippen LogP contribution >= 0.6 is 0 Å². The van der Waals surface area contributed by atoms with Crippen molar-refractivity contribution in [2.75, 3.05) is 6.61 Å². The van der Waals surface area contributed by atoms with Gasteiger partial charge < -0.3 is 33.4 Å². The van der Waals surface area contributed by atoms with Crippen molar-refractivity contribution in [1.29, 1.82) is 0 Å². The molecule has 178 valence electrons. The largest absolute Gasteiger partial charge is 0.463 e. The fourth-order valence-corrected chi connectivity index (χ4v) is 3.39. The highest BCUT2D eigenvalue weighted by atomic mass is 16.7. The van der Waals surface area contributed by atoms with Gasteiger partial charge in [-0.25, -0.2) is 0 Å². The Kier molecular flexibility index (Phi) is 7.48. The number of para-hydroxylation sites is 2. The molecule has 0 bridgehead atoms. The van der Waals surface area contributed by atoms with Crippen LogP contribution in [0, 0.1) is 0 Å². The molecule has 0 unspecified atom stereocenters. The van der Waals surface area contributed by atoms with E-state index in [1.807, 2.05) is 0 Å². The summed E-state index contributed by atoms with van der Waals surface area (Å²) in [6.45, 7) is 4.41. The summed E-state index contributed by atoms with van der Waals surface area (Å²) in [6.07, 6.45) is -5.03. The van der Waals surface area contributed by atoms with Gasteiger partial charge in [-0.15, -0.1) is 0 Å². The summed E-state index contributed by atoms with van der Waals surface area (Å²) >= 11 is 0. The van der Waals surface area contributed by atoms with Gasteiger partial charge in [-0.3, -0.25) is 19.2 Å². The van der Waals surface area contributed by atoms with E-state index in [0.29, 0.717) is 11.1 Å². The van der Waals surface area contributed by atoms with Crippen molar-refractivity contribution in [3.05, 3.63) is 24.3 Å². The van der Waals surface area contributed by atoms with E-state index >= 15 is 0 Å². The number of nitrogens with one attached hydrogen (secondary N) is 1. The summed E-state index contributed by atoms with van der Waals surface area (Å²) in [7, 11) is 0. The first kappa shape index (κ1) is 24.0. The van der Waals surface area contributed by atoms with Crippen molar-refractivity contribution in [3.8, 4) is 6.08 Å². The molecule has 0 saturated carbocycles. The molecule has 2 heterocycles. The van der Waals surface area contributed by atoms with Crippen LogP contribution in [0.3, 0.4) is 0 Å². The normalized spacial score (nSPS) is 24.5. The molecule has 0 radical (unpaired) electrons. The number of aromatic nitrogens is 1. The topological polar surface area (TPSA) is 152 Å². The summed E-state index contributed by atoms with van der Waals surface area (Å²) in [5.74, 6) is -2.51. The number of nitrogens with zero attached hydrogens (tertiary/aromatic N) is 1. The highest BCUT2D eigenvalue weighted by molar-refractivity contribution is 5.74. The molecule has 0 spiro atoms. The highest BCUT2D eigenvalue weighted by Crippen LogP contribution is 2.30. The number of fused-ring (bicyclic) bond motifs is 1. The lowest BCUT2D eigenvalue weighted by atomic mass is 9.96. The first-order valence-electron chi connectivity index (χ1n) is 10.1. The number of amides is 1. The number of benzene rings is 1. The predicted molar refractivity (Wildman–Crippen MR) is 109 cm³/mol. The number of carbonyl (C=O) groups is 4. The summed E-state index contributed by atoms with van der Waals surface area (Å²) in [5.41, 5.74) is 0.968. The molecule has 1 saturated heterocycles. The molecule has 1 amide bonds. The molecule has 1 aromatic carbocycles. The summed E-state index contributed by atoms with van der Waals surface area (Å²) in [4.78, 5) is 51.1. The summed E-state index contributed by atoms with van der Waals surface area (Å²) in [6, 6.07) is 5.79. The number of esters is 3. The van der Waals surface area contributed by atoms with Gasteiger partial charge in [0.25, 0.3) is 0 Å². The Morgan fingerprint density at radius 2 is 1.64 bits per heavy atom. The van der Waals surface area contributed by atoms with Crippen molar-refractivity contribution in [2.24, 2.45) is 0 Å². The van der Waals surface area contributed by atoms with Crippen LogP contribution in [0.25, 0.3) is 11.1 Å². The van der Waals surface area contributed by atoms with E-state index in [-0.39, 0.29) is 12.7 Å². The lowest BCUT2D eigenvalue weighted by Crippen LogP contribution is -2.67. The zero-order valence-corrected chi connectivity index (χ0v) is 18.4. The molecular formula is C21H24N2O10. The molecule has 1 aromatic heterocycles. The van der Waals surface area contributed by atoms with Gasteiger partial charge in [0.1, 0.15) is 24.3 Å². The number of rotatable bonds is 7. The number of ether oxygens (including phenoxy) is 5. The molecule has 12 heteroatoms. The van der Waals surface area contributed by atoms with Crippen LogP contribution in [0.1, 0.15) is 27.7 Å². The summed E-state index contributed by atoms with van der Waals surface area (Å²) in [5, 5.41) is 2.60. The maximum atomic E-state index is 11.9. The molecule has 1 N–H and O–H groups in total. The second kappa shape index (κ2) is 10.3. The van der Waals surface area contributed by atoms with Crippen molar-refractivity contribution in [3.63, 3.8) is 0 Å². The van der Waals surface area contributed by atoms with Crippen LogP contribution in [0.4, 0.5) is 0 Å². The molecule has 33 heavy (non-hydrogen) atoms. The van der Waals surface area contributed by atoms with Crippen LogP contribution in [-0.4, -0.2) is 66.0 Å². The Hall–Kier alpha value is -3.67. The van der Waals surface area contributed by atoms with Crippen LogP contribution in [0.2, 0.25) is 0 Å². The van der Waals surface area contributed by atoms with Gasteiger partial charge in [-0.2, -0.15) is 4.98 Å². The number of carbonyl (C=O) groups excluding carboxylic acids is 4. The molecule has 5 atom stereocenters. The van der Waals surface area contributed by atoms with Gasteiger partial charge in [-0.1, -0.05) is 12.1 Å². The average molecular weight is 464 g/mol. The minimum atomic E-state index is -1.31. The highest BCUT2D eigenvalue weighted by Gasteiger charge is 2.52. The van der Waals surface area contributed by atoms with E-state index in [9.17, 15) is 19.2 Å². The Bertz CT molecular complexity index is 1000. The fourth-order valence-electron chi connectivity index (χ4n) is 3.39. The molecule has 1 fully saturated rings. The molecule has 0 aliphatic carbocycles. The standard InChI is InChI=1S/C21H24N2O10/c1-10(24)22-17-19(30-13(4)27)18(29-12(3)26)16(9-28-11(2)25)31-20(17)33-21-23-14-7-5-6-8-15(14)32-21/h5-8,16-20H,9H2,1-4H3,(H,22,24)/t16-,17+,18+,19+,20+/m0/s1. The van der Waals surface area contributed by atoms with E-state index in [0.717, 1.165) is 13.8 Å². The number of hydrogen-bond acceptors (Lipinski definition) is 11. The molecular weight excluding hydrogens is 440 g/mol. The van der Waals surface area contributed by atoms with Crippen LogP contribution in [0.5, 0.6) is 6.08 Å². The van der Waals surface area contributed by atoms with Crippen LogP contribution < -0.4 is 10.1 Å². The fraction of sp³-hybridized carbons (Fsp3) is 0.476. The minimum absolute atomic E-state index is 0.171. The first-order valence-corrected chi connectivity index (χ1v) is 10.1. The molecule has 3 rings (SSSR count). The third-order valence-electron chi connectivity index (χ3n) is 4.56. The first-order chi connectivity index (χ1) is 15.6. The van der Waals surface area contributed by atoms with E-state index in [1.165, 1.54) is 13.8 Å². The Morgan fingerprint density at radius 1 is 0.970 bits per heavy atom. The third-order valence-corrected chi connectivity index (χ3v) is 4.56. The van der Waals surface area contributed by atoms with Crippen molar-refractivity contribution >= 4 is 34.9 Å². The summed E-state index contributed by atoms with van der Waals surface area (Å²) < 4.78 is 33.0. The third kappa shape index (κ3) is 6.19. The van der Waals surface area contributed by atoms with Gasteiger partial charge in [-0.05, 0) is 12.1 Å². The second-order valence-electron chi connectivity index (χ2n) is 7.29. The Morgan fingerprint density at radius 3 is 2.24 bits per heavy atom. The molecule has 1 aliphatic rings. The lowest BCUT2D eigenvalue weighted by Gasteiger charge is -2.44. The number of hydrogen-bond donors (Lipinski definition) is 1. The Balaban J connectivity index is 1.98. The van der Waals surface area contributed by atoms with Gasteiger partial charge in [0.15, 0.2) is 17.8 Å². The van der Waals surface area contributed by atoms with Crippen LogP contribution in [0.15, 0.2) is 28.7 Å². The second-order valence-corrected chi connectivity index (χ2v) is 7.29. The van der Waals surface area contributed by atoms with Crippen molar-refractivity contribution in [2.45, 2.75) is 58.3 Å². The zero-order chi connectivity index (χ0) is 24.1. The smallest absolute Gasteiger partial charge is 0.397 e. The van der Waals surface area contributed by atoms with Gasteiger partial charge in [0.05, 0.1) is 0 Å². The van der Waals surface area contributed by atoms with Gasteiger partial charge in [0.2, 0.25) is 12.2 Å². The van der Waals surface area contributed by atoms with Crippen molar-refractivity contribution < 1.29 is 47.3 Å². The molecule has 12 nitrogen and oxygen atoms in total. The maximum Gasteiger partial charge on any atom is 0.397 e. The SMILES string of the molecule is CC(=O)N[C@H]1[C@@H](Oc2nc3ccccc3o2)O[C@@H](COC(C)=O)[C@@H](OC(C)=O)[C@@H]1OC(C)=O. The molecule has 2 aromatic rings. The van der Waals surface area contributed by atoms with Gasteiger partial charge in [0, 0.05) is 27.7 Å². The maximum absolute atomic E-state index is 11.9.